The van der Waals surface area contributed by atoms with E-state index in [1.165, 1.54) is 0 Å². The Morgan fingerprint density at radius 3 is 1.70 bits per heavy atom. The summed E-state index contributed by atoms with van der Waals surface area (Å²) in [5.74, 6) is -2.80. The van der Waals surface area contributed by atoms with Crippen LogP contribution in [0.4, 0.5) is 0 Å². The molecular weight excluding hydrogens is 336 g/mol. The van der Waals surface area contributed by atoms with Crippen LogP contribution < -0.4 is 0 Å². The first-order valence-corrected chi connectivity index (χ1v) is 4.88. The molecule has 0 bridgehead atoms. The number of alkyl halides is 1. The quantitative estimate of drug-likeness (QED) is 0.519. The highest BCUT2D eigenvalue weighted by Crippen LogP contribution is 2.26. The van der Waals surface area contributed by atoms with Gasteiger partial charge < -0.3 is 15.3 Å². The smallest absolute Gasteiger partial charge is 0.312 e. The fourth-order valence-electron chi connectivity index (χ4n) is 0.241. The lowest BCUT2D eigenvalue weighted by atomic mass is 10.5. The predicted octanol–water partition coefficient (Wildman–Crippen LogP) is 1.01. The molecule has 0 saturated heterocycles. The van der Waals surface area contributed by atoms with Crippen LogP contribution in [0.15, 0.2) is 8.96 Å². The minimum atomic E-state index is -2.80. The first-order valence-electron chi connectivity index (χ1n) is 2.17. The van der Waals surface area contributed by atoms with E-state index >= 15 is 0 Å². The summed E-state index contributed by atoms with van der Waals surface area (Å²) in [5, 5.41) is 26.0. The Morgan fingerprint density at radius 1 is 1.20 bits per heavy atom. The van der Waals surface area contributed by atoms with Gasteiger partial charge in [0.15, 0.2) is 0 Å². The zero-order valence-electron chi connectivity index (χ0n) is 4.68. The van der Waals surface area contributed by atoms with Crippen LogP contribution in [0.2, 0.25) is 0 Å². The van der Waals surface area contributed by atoms with Crippen molar-refractivity contribution in [1.82, 2.24) is 0 Å². The fourth-order valence-corrected chi connectivity index (χ4v) is 1.30. The molecule has 3 nitrogen and oxygen atoms in total. The van der Waals surface area contributed by atoms with E-state index in [4.69, 9.17) is 15.3 Å². The van der Waals surface area contributed by atoms with Gasteiger partial charge in [-0.2, -0.15) is 0 Å². The fraction of sp³-hybridized carbons (Fsp3) is 0.500. The van der Waals surface area contributed by atoms with Crippen molar-refractivity contribution in [3.05, 3.63) is 8.96 Å². The van der Waals surface area contributed by atoms with Gasteiger partial charge in [-0.25, -0.2) is 0 Å². The van der Waals surface area contributed by atoms with Gasteiger partial charge in [0.2, 0.25) is 0 Å². The molecule has 0 aromatic heterocycles. The third-order valence-electron chi connectivity index (χ3n) is 0.650. The van der Waals surface area contributed by atoms with Gasteiger partial charge in [0, 0.05) is 9.81 Å². The number of halogens is 3. The van der Waals surface area contributed by atoms with E-state index in [-0.39, 0.29) is 4.48 Å². The Labute approximate surface area is 83.1 Å². The van der Waals surface area contributed by atoms with Crippen LogP contribution in [0, 0.1) is 0 Å². The highest BCUT2D eigenvalue weighted by atomic mass is 79.9. The molecule has 0 aliphatic carbocycles. The summed E-state index contributed by atoms with van der Waals surface area (Å²) in [6.07, 6.45) is 0. The van der Waals surface area contributed by atoms with E-state index in [1.807, 2.05) is 0 Å². The molecule has 0 amide bonds. The van der Waals surface area contributed by atoms with Gasteiger partial charge >= 0.3 is 5.97 Å². The Bertz CT molecular complexity index is 148. The van der Waals surface area contributed by atoms with Crippen LogP contribution in [-0.4, -0.2) is 26.6 Å². The lowest BCUT2D eigenvalue weighted by molar-refractivity contribution is -0.275. The third-order valence-corrected chi connectivity index (χ3v) is 4.18. The van der Waals surface area contributed by atoms with Crippen LogP contribution in [-0.2, 0) is 0 Å². The number of allylic oxidation sites excluding steroid dienone is 1. The first kappa shape index (κ1) is 11.1. The summed E-state index contributed by atoms with van der Waals surface area (Å²) in [6, 6.07) is 0. The number of aliphatic hydroxyl groups is 3. The van der Waals surface area contributed by atoms with Crippen LogP contribution in [0.3, 0.4) is 0 Å². The lowest BCUT2D eigenvalue weighted by Crippen LogP contribution is -2.27. The van der Waals surface area contributed by atoms with Crippen LogP contribution in [0.5, 0.6) is 0 Å². The molecule has 10 heavy (non-hydrogen) atoms. The van der Waals surface area contributed by atoms with E-state index in [1.54, 1.807) is 0 Å². The predicted molar refractivity (Wildman–Crippen MR) is 48.1 cm³/mol. The van der Waals surface area contributed by atoms with Crippen molar-refractivity contribution >= 4 is 47.8 Å². The summed E-state index contributed by atoms with van der Waals surface area (Å²) < 4.78 is 0.317. The summed E-state index contributed by atoms with van der Waals surface area (Å²) in [7, 11) is 0. The molecule has 0 aliphatic heterocycles. The van der Waals surface area contributed by atoms with Crippen LogP contribution >= 0.6 is 47.8 Å². The molecule has 0 spiro atoms. The van der Waals surface area contributed by atoms with Crippen molar-refractivity contribution in [3.8, 4) is 0 Å². The molecule has 0 rings (SSSR count). The van der Waals surface area contributed by atoms with Gasteiger partial charge in [0.25, 0.3) is 0 Å². The van der Waals surface area contributed by atoms with Gasteiger partial charge in [-0.05, 0) is 15.9 Å². The number of hydrogen-bond acceptors (Lipinski definition) is 3. The van der Waals surface area contributed by atoms with Gasteiger partial charge in [-0.3, -0.25) is 0 Å². The summed E-state index contributed by atoms with van der Waals surface area (Å²) in [5.41, 5.74) is 0. The highest BCUT2D eigenvalue weighted by molar-refractivity contribution is 9.15. The van der Waals surface area contributed by atoms with Crippen molar-refractivity contribution in [2.45, 2.75) is 5.97 Å². The monoisotopic (exact) mass is 338 g/mol. The molecule has 6 heteroatoms. The zero-order valence-corrected chi connectivity index (χ0v) is 9.44. The SMILES string of the molecule is OC(O)(O)/C(Br)=C(\Br)CBr. The molecule has 0 radical (unpaired) electrons. The maximum atomic E-state index is 8.54. The Kier molecular flexibility index (Phi) is 4.62. The van der Waals surface area contributed by atoms with Crippen LogP contribution in [0.25, 0.3) is 0 Å². The van der Waals surface area contributed by atoms with E-state index in [9.17, 15) is 0 Å². The third kappa shape index (κ3) is 3.45. The van der Waals surface area contributed by atoms with Gasteiger partial charge in [0.05, 0.1) is 4.48 Å². The molecule has 60 valence electrons. The summed E-state index contributed by atoms with van der Waals surface area (Å²) >= 11 is 8.80. The molecule has 0 atom stereocenters. The zero-order chi connectivity index (χ0) is 8.36. The first-order chi connectivity index (χ1) is 4.39. The van der Waals surface area contributed by atoms with E-state index in [2.05, 4.69) is 47.8 Å². The van der Waals surface area contributed by atoms with Gasteiger partial charge in [0.1, 0.15) is 0 Å². The highest BCUT2D eigenvalue weighted by Gasteiger charge is 2.25. The maximum Gasteiger partial charge on any atom is 0.312 e. The normalized spacial score (nSPS) is 15.0. The maximum absolute atomic E-state index is 8.54. The van der Waals surface area contributed by atoms with Gasteiger partial charge in [-0.1, -0.05) is 31.9 Å². The summed E-state index contributed by atoms with van der Waals surface area (Å²) in [6.45, 7) is 0. The Morgan fingerprint density at radius 2 is 1.60 bits per heavy atom. The van der Waals surface area contributed by atoms with Crippen molar-refractivity contribution < 1.29 is 15.3 Å². The second-order valence-electron chi connectivity index (χ2n) is 1.49. The minimum Gasteiger partial charge on any atom is -0.339 e. The van der Waals surface area contributed by atoms with Crippen molar-refractivity contribution in [2.75, 3.05) is 5.33 Å². The number of hydrogen-bond donors (Lipinski definition) is 3. The Hall–Kier alpha value is 1.06. The number of rotatable bonds is 2. The summed E-state index contributed by atoms with van der Waals surface area (Å²) in [4.78, 5) is 0. The van der Waals surface area contributed by atoms with E-state index < -0.39 is 5.97 Å². The molecular formula is C4H5Br3O3. The second kappa shape index (κ2) is 4.18. The molecule has 0 aliphatic rings. The van der Waals surface area contributed by atoms with Crippen molar-refractivity contribution in [1.29, 1.82) is 0 Å². The minimum absolute atomic E-state index is 0.114. The Balaban J connectivity index is 4.47. The van der Waals surface area contributed by atoms with Crippen molar-refractivity contribution in [2.24, 2.45) is 0 Å². The second-order valence-corrected chi connectivity index (χ2v) is 3.80. The van der Waals surface area contributed by atoms with Crippen molar-refractivity contribution in [3.63, 3.8) is 0 Å². The molecule has 0 heterocycles. The molecule has 0 aromatic rings. The molecule has 0 unspecified atom stereocenters. The molecule has 3 N–H and O–H groups in total. The average Bonchev–Trinajstić information content (AvgIpc) is 1.83. The lowest BCUT2D eigenvalue weighted by Gasteiger charge is -2.13. The van der Waals surface area contributed by atoms with Crippen LogP contribution in [0.1, 0.15) is 0 Å². The van der Waals surface area contributed by atoms with E-state index in [0.717, 1.165) is 0 Å². The standard InChI is InChI=1S/C4H5Br3O3/c5-1-2(6)3(7)4(8,9)10/h8-10H,1H2/b3-2+. The topological polar surface area (TPSA) is 60.7 Å². The molecule has 0 fully saturated rings. The molecule has 0 saturated carbocycles. The largest absolute Gasteiger partial charge is 0.339 e. The van der Waals surface area contributed by atoms with E-state index in [0.29, 0.717) is 9.81 Å². The molecule has 0 aromatic carbocycles. The van der Waals surface area contributed by atoms with Gasteiger partial charge in [-0.15, -0.1) is 0 Å². The average molecular weight is 341 g/mol.